The van der Waals surface area contributed by atoms with E-state index < -0.39 is 15.8 Å². The minimum absolute atomic E-state index is 0.0317. The van der Waals surface area contributed by atoms with Gasteiger partial charge in [0.2, 0.25) is 15.9 Å². The number of rotatable bonds is 6. The Balaban J connectivity index is 1.30. The number of ketones is 1. The maximum atomic E-state index is 13.4. The smallest absolute Gasteiger partial charge is 0.243 e. The zero-order chi connectivity index (χ0) is 23.4. The molecule has 0 saturated carbocycles. The van der Waals surface area contributed by atoms with Crippen molar-refractivity contribution in [2.24, 2.45) is 0 Å². The molecule has 10 heteroatoms. The highest BCUT2D eigenvalue weighted by Gasteiger charge is 2.30. The van der Waals surface area contributed by atoms with Crippen LogP contribution in [0.1, 0.15) is 29.6 Å². The van der Waals surface area contributed by atoms with Gasteiger partial charge in [0, 0.05) is 51.0 Å². The van der Waals surface area contributed by atoms with Gasteiger partial charge < -0.3 is 14.4 Å². The van der Waals surface area contributed by atoms with Gasteiger partial charge in [-0.1, -0.05) is 6.07 Å². The number of hydrogen-bond donors (Lipinski definition) is 0. The number of nitrogens with zero attached hydrogens (tertiary/aromatic N) is 2. The van der Waals surface area contributed by atoms with Gasteiger partial charge in [0.1, 0.15) is 5.82 Å². The zero-order valence-electron chi connectivity index (χ0n) is 18.0. The van der Waals surface area contributed by atoms with Crippen molar-refractivity contribution in [2.45, 2.75) is 24.2 Å². The first-order valence-corrected chi connectivity index (χ1v) is 12.2. The van der Waals surface area contributed by atoms with Crippen LogP contribution in [0.5, 0.6) is 11.5 Å². The van der Waals surface area contributed by atoms with Crippen molar-refractivity contribution in [2.75, 3.05) is 39.4 Å². The Morgan fingerprint density at radius 2 is 1.64 bits per heavy atom. The summed E-state index contributed by atoms with van der Waals surface area (Å²) in [6, 6.07) is 9.87. The highest BCUT2D eigenvalue weighted by atomic mass is 32.2. The Hall–Kier alpha value is -2.98. The number of sulfonamides is 1. The number of carbonyl (C=O) groups excluding carboxylic acids is 2. The first kappa shape index (κ1) is 23.2. The Bertz CT molecular complexity index is 1150. The van der Waals surface area contributed by atoms with Crippen LogP contribution in [0.25, 0.3) is 0 Å². The summed E-state index contributed by atoms with van der Waals surface area (Å²) >= 11 is 0. The van der Waals surface area contributed by atoms with Gasteiger partial charge in [-0.25, -0.2) is 12.8 Å². The number of benzene rings is 2. The Labute approximate surface area is 191 Å². The third-order valence-electron chi connectivity index (χ3n) is 5.66. The number of halogens is 1. The number of fused-ring (bicyclic) bond motifs is 1. The first-order valence-electron chi connectivity index (χ1n) is 10.8. The second-order valence-electron chi connectivity index (χ2n) is 7.88. The molecular formula is C23H25FN2O6S. The average Bonchev–Trinajstić information content (AvgIpc) is 3.07. The van der Waals surface area contributed by atoms with E-state index in [0.29, 0.717) is 30.3 Å². The minimum atomic E-state index is -3.83. The molecule has 1 amide bonds. The Morgan fingerprint density at radius 3 is 2.36 bits per heavy atom. The predicted molar refractivity (Wildman–Crippen MR) is 117 cm³/mol. The van der Waals surface area contributed by atoms with E-state index in [1.54, 1.807) is 23.1 Å². The van der Waals surface area contributed by atoms with Crippen molar-refractivity contribution in [3.8, 4) is 11.5 Å². The molecule has 2 aliphatic rings. The van der Waals surface area contributed by atoms with Gasteiger partial charge in [0.25, 0.3) is 0 Å². The van der Waals surface area contributed by atoms with Gasteiger partial charge in [-0.2, -0.15) is 4.31 Å². The van der Waals surface area contributed by atoms with Crippen molar-refractivity contribution in [1.82, 2.24) is 9.21 Å². The number of carbonyl (C=O) groups is 2. The average molecular weight is 477 g/mol. The number of hydrogen-bond acceptors (Lipinski definition) is 6. The topological polar surface area (TPSA) is 93.2 Å². The summed E-state index contributed by atoms with van der Waals surface area (Å²) in [6.07, 6.45) is 0.841. The highest BCUT2D eigenvalue weighted by molar-refractivity contribution is 7.89. The molecule has 0 unspecified atom stereocenters. The third kappa shape index (κ3) is 5.33. The largest absolute Gasteiger partial charge is 0.490 e. The molecule has 1 saturated heterocycles. The van der Waals surface area contributed by atoms with Crippen molar-refractivity contribution in [3.05, 3.63) is 53.8 Å². The van der Waals surface area contributed by atoms with E-state index in [0.717, 1.165) is 12.5 Å². The lowest BCUT2D eigenvalue weighted by molar-refractivity contribution is -0.132. The van der Waals surface area contributed by atoms with E-state index in [1.807, 2.05) is 0 Å². The van der Waals surface area contributed by atoms with Gasteiger partial charge >= 0.3 is 0 Å². The van der Waals surface area contributed by atoms with Gasteiger partial charge in [-0.15, -0.1) is 0 Å². The van der Waals surface area contributed by atoms with Crippen LogP contribution < -0.4 is 9.47 Å². The van der Waals surface area contributed by atoms with Crippen molar-refractivity contribution < 1.29 is 31.9 Å². The van der Waals surface area contributed by atoms with Gasteiger partial charge in [0.05, 0.1) is 18.1 Å². The SMILES string of the molecule is O=C(CCC(=O)N1CCN(S(=O)(=O)c2cccc(F)c2)CC1)c1ccc2c(c1)OCCCO2. The summed E-state index contributed by atoms with van der Waals surface area (Å²) in [6.45, 7) is 1.73. The maximum Gasteiger partial charge on any atom is 0.243 e. The van der Waals surface area contributed by atoms with Crippen molar-refractivity contribution in [3.63, 3.8) is 0 Å². The summed E-state index contributed by atoms with van der Waals surface area (Å²) in [4.78, 5) is 26.6. The van der Waals surface area contributed by atoms with E-state index in [-0.39, 0.29) is 55.6 Å². The molecule has 0 aliphatic carbocycles. The quantitative estimate of drug-likeness (QED) is 0.595. The summed E-state index contributed by atoms with van der Waals surface area (Å²) in [7, 11) is -3.83. The lowest BCUT2D eigenvalue weighted by atomic mass is 10.1. The maximum absolute atomic E-state index is 13.4. The molecule has 2 aliphatic heterocycles. The van der Waals surface area contributed by atoms with E-state index in [1.165, 1.54) is 22.5 Å². The van der Waals surface area contributed by atoms with E-state index in [2.05, 4.69) is 0 Å². The minimum Gasteiger partial charge on any atom is -0.490 e. The van der Waals surface area contributed by atoms with E-state index in [9.17, 15) is 22.4 Å². The molecule has 0 spiro atoms. The highest BCUT2D eigenvalue weighted by Crippen LogP contribution is 2.31. The zero-order valence-corrected chi connectivity index (χ0v) is 18.9. The molecule has 0 N–H and O–H groups in total. The first-order chi connectivity index (χ1) is 15.8. The molecule has 2 aromatic rings. The lowest BCUT2D eigenvalue weighted by Crippen LogP contribution is -2.50. The van der Waals surface area contributed by atoms with Crippen LogP contribution in [0.2, 0.25) is 0 Å². The molecule has 8 nitrogen and oxygen atoms in total. The van der Waals surface area contributed by atoms with Crippen LogP contribution in [0.3, 0.4) is 0 Å². The van der Waals surface area contributed by atoms with Crippen LogP contribution >= 0.6 is 0 Å². The second-order valence-corrected chi connectivity index (χ2v) is 9.82. The van der Waals surface area contributed by atoms with Crippen LogP contribution in [0, 0.1) is 5.82 Å². The third-order valence-corrected chi connectivity index (χ3v) is 7.56. The molecule has 0 aromatic heterocycles. The summed E-state index contributed by atoms with van der Waals surface area (Å²) in [5.74, 6) is 0.126. The molecular weight excluding hydrogens is 451 g/mol. The molecule has 176 valence electrons. The Morgan fingerprint density at radius 1 is 0.909 bits per heavy atom. The van der Waals surface area contributed by atoms with Crippen LogP contribution in [0.4, 0.5) is 4.39 Å². The summed E-state index contributed by atoms with van der Waals surface area (Å²) in [5.41, 5.74) is 0.457. The molecule has 0 atom stereocenters. The van der Waals surface area contributed by atoms with E-state index >= 15 is 0 Å². The number of Topliss-reactive ketones (excluding diaryl/α,β-unsaturated/α-hetero) is 1. The van der Waals surface area contributed by atoms with E-state index in [4.69, 9.17) is 9.47 Å². The van der Waals surface area contributed by atoms with Crippen molar-refractivity contribution in [1.29, 1.82) is 0 Å². The molecule has 33 heavy (non-hydrogen) atoms. The fourth-order valence-electron chi connectivity index (χ4n) is 3.81. The number of ether oxygens (including phenoxy) is 2. The molecule has 2 aromatic carbocycles. The fourth-order valence-corrected chi connectivity index (χ4v) is 5.27. The predicted octanol–water partition coefficient (Wildman–Crippen LogP) is 2.48. The van der Waals surface area contributed by atoms with Crippen LogP contribution in [-0.4, -0.2) is 68.7 Å². The standard InChI is InChI=1S/C23H25FN2O6S/c24-18-3-1-4-19(16-18)33(29,30)26-11-9-25(10-12-26)23(28)8-6-20(27)17-5-7-21-22(15-17)32-14-2-13-31-21/h1,3-5,7,15-16H,2,6,8-14H2. The van der Waals surface area contributed by atoms with Crippen molar-refractivity contribution >= 4 is 21.7 Å². The van der Waals surface area contributed by atoms with Crippen LogP contribution in [0.15, 0.2) is 47.4 Å². The Kier molecular flexibility index (Phi) is 6.94. The molecule has 4 rings (SSSR count). The van der Waals surface area contributed by atoms with Crippen LogP contribution in [-0.2, 0) is 14.8 Å². The number of piperazine rings is 1. The number of amides is 1. The molecule has 1 fully saturated rings. The summed E-state index contributed by atoms with van der Waals surface area (Å²) in [5, 5.41) is 0. The fraction of sp³-hybridized carbons (Fsp3) is 0.391. The monoisotopic (exact) mass is 476 g/mol. The van der Waals surface area contributed by atoms with Gasteiger partial charge in [0.15, 0.2) is 17.3 Å². The second kappa shape index (κ2) is 9.88. The lowest BCUT2D eigenvalue weighted by Gasteiger charge is -2.34. The normalized spacial score (nSPS) is 16.8. The van der Waals surface area contributed by atoms with Gasteiger partial charge in [-0.3, -0.25) is 9.59 Å². The molecule has 0 radical (unpaired) electrons. The molecule has 2 heterocycles. The summed E-state index contributed by atoms with van der Waals surface area (Å²) < 4.78 is 51.3. The molecule has 0 bridgehead atoms. The van der Waals surface area contributed by atoms with Gasteiger partial charge in [-0.05, 0) is 36.4 Å².